The van der Waals surface area contributed by atoms with E-state index in [0.29, 0.717) is 11.5 Å². The van der Waals surface area contributed by atoms with Crippen LogP contribution in [-0.4, -0.2) is 95.4 Å². The number of nitrogens with one attached hydrogen (secondary N) is 1. The second kappa shape index (κ2) is 21.8. The van der Waals surface area contributed by atoms with Gasteiger partial charge in [-0.2, -0.15) is 5.26 Å². The SMILES string of the molecule is COc1ccc(C(OC[C@H]2O[C@@H](n3cc(-c4cccn4C(=O)OC(C)(C)C)c(=O)[nH]c3=O)[C@H](OC)[C@@H]2OP(OCCC#N)N(C(C)C)C(C)C)(c2ccccc2)c2ccc(OC)cc2)cc1. The Morgan fingerprint density at radius 3 is 1.97 bits per heavy atom. The summed E-state index contributed by atoms with van der Waals surface area (Å²) in [5.74, 6) is 1.31. The first-order valence-corrected chi connectivity index (χ1v) is 22.9. The summed E-state index contributed by atoms with van der Waals surface area (Å²) in [7, 11) is 2.80. The van der Waals surface area contributed by atoms with Crippen molar-refractivity contribution in [1.82, 2.24) is 18.8 Å². The van der Waals surface area contributed by atoms with Gasteiger partial charge in [-0.3, -0.25) is 18.9 Å². The number of ether oxygens (including phenoxy) is 6. The zero-order chi connectivity index (χ0) is 47.8. The van der Waals surface area contributed by atoms with Crippen LogP contribution in [0.4, 0.5) is 4.79 Å². The van der Waals surface area contributed by atoms with E-state index in [1.807, 2.05) is 107 Å². The number of hydrogen-bond acceptors (Lipinski definition) is 13. The molecule has 3 aromatic carbocycles. The van der Waals surface area contributed by atoms with E-state index in [1.54, 1.807) is 47.1 Å². The van der Waals surface area contributed by atoms with Crippen LogP contribution in [-0.2, 0) is 33.6 Å². The van der Waals surface area contributed by atoms with Crippen LogP contribution in [0.1, 0.15) is 77.8 Å². The molecule has 5 aromatic rings. The van der Waals surface area contributed by atoms with E-state index in [9.17, 15) is 19.6 Å². The first-order chi connectivity index (χ1) is 31.6. The number of carbonyl (C=O) groups is 1. The Bertz CT molecular complexity index is 2470. The van der Waals surface area contributed by atoms with Gasteiger partial charge in [-0.25, -0.2) is 14.3 Å². The molecule has 6 rings (SSSR count). The van der Waals surface area contributed by atoms with Crippen LogP contribution in [0.3, 0.4) is 0 Å². The third-order valence-electron chi connectivity index (χ3n) is 10.9. The lowest BCUT2D eigenvalue weighted by atomic mass is 9.80. The maximum Gasteiger partial charge on any atom is 0.418 e. The summed E-state index contributed by atoms with van der Waals surface area (Å²) in [5.41, 5.74) is -1.08. The van der Waals surface area contributed by atoms with Gasteiger partial charge < -0.3 is 37.5 Å². The Hall–Kier alpha value is -5.63. The fourth-order valence-electron chi connectivity index (χ4n) is 8.05. The van der Waals surface area contributed by atoms with Gasteiger partial charge in [-0.1, -0.05) is 54.6 Å². The molecule has 1 saturated heterocycles. The van der Waals surface area contributed by atoms with E-state index in [1.165, 1.54) is 28.6 Å². The Kier molecular flexibility index (Phi) is 16.4. The second-order valence-electron chi connectivity index (χ2n) is 17.2. The highest BCUT2D eigenvalue weighted by molar-refractivity contribution is 7.44. The van der Waals surface area contributed by atoms with Crippen molar-refractivity contribution < 1.29 is 42.3 Å². The van der Waals surface area contributed by atoms with Crippen LogP contribution >= 0.6 is 8.53 Å². The molecule has 0 radical (unpaired) electrons. The number of aromatic nitrogens is 3. The molecule has 0 aliphatic carbocycles. The van der Waals surface area contributed by atoms with E-state index >= 15 is 0 Å². The van der Waals surface area contributed by atoms with Crippen molar-refractivity contribution in [3.63, 3.8) is 0 Å². The van der Waals surface area contributed by atoms with Crippen molar-refractivity contribution >= 4 is 14.6 Å². The van der Waals surface area contributed by atoms with Crippen LogP contribution in [0.2, 0.25) is 0 Å². The quantitative estimate of drug-likeness (QED) is 0.0475. The molecular formula is C49H60N5O11P. The molecule has 1 aliphatic rings. The third kappa shape index (κ3) is 11.0. The Labute approximate surface area is 386 Å². The van der Waals surface area contributed by atoms with Gasteiger partial charge in [-0.15, -0.1) is 0 Å². The number of methoxy groups -OCH3 is 3. The number of benzene rings is 3. The van der Waals surface area contributed by atoms with Crippen LogP contribution < -0.4 is 20.7 Å². The molecule has 17 heteroatoms. The number of aromatic amines is 1. The molecule has 1 fully saturated rings. The fraction of sp³-hybridized carbons (Fsp3) is 0.429. The topological polar surface area (TPSA) is 178 Å². The van der Waals surface area contributed by atoms with E-state index in [-0.39, 0.29) is 43.0 Å². The third-order valence-corrected chi connectivity index (χ3v) is 13.1. The summed E-state index contributed by atoms with van der Waals surface area (Å²) in [4.78, 5) is 43.4. The predicted molar refractivity (Wildman–Crippen MR) is 249 cm³/mol. The molecule has 16 nitrogen and oxygen atoms in total. The first-order valence-electron chi connectivity index (χ1n) is 21.7. The number of hydrogen-bond donors (Lipinski definition) is 1. The highest BCUT2D eigenvalue weighted by Gasteiger charge is 2.51. The number of rotatable bonds is 19. The average molecular weight is 926 g/mol. The summed E-state index contributed by atoms with van der Waals surface area (Å²) in [6, 6.07) is 30.3. The van der Waals surface area contributed by atoms with E-state index < -0.39 is 61.6 Å². The van der Waals surface area contributed by atoms with Crippen molar-refractivity contribution in [1.29, 1.82) is 5.26 Å². The lowest BCUT2D eigenvalue weighted by Gasteiger charge is -2.39. The average Bonchev–Trinajstić information content (AvgIpc) is 3.92. The second-order valence-corrected chi connectivity index (χ2v) is 18.6. The number of H-pyrrole nitrogens is 1. The summed E-state index contributed by atoms with van der Waals surface area (Å²) in [5, 5.41) is 9.49. The van der Waals surface area contributed by atoms with Gasteiger partial charge in [0.1, 0.15) is 41.0 Å². The van der Waals surface area contributed by atoms with Crippen LogP contribution in [0.25, 0.3) is 11.3 Å². The molecule has 1 aliphatic heterocycles. The van der Waals surface area contributed by atoms with Crippen molar-refractivity contribution in [2.24, 2.45) is 0 Å². The fourth-order valence-corrected chi connectivity index (χ4v) is 9.82. The Morgan fingerprint density at radius 2 is 1.44 bits per heavy atom. The maximum atomic E-state index is 14.0. The Balaban J connectivity index is 1.51. The zero-order valence-corrected chi connectivity index (χ0v) is 40.0. The van der Waals surface area contributed by atoms with Crippen LogP contribution in [0.15, 0.2) is 113 Å². The van der Waals surface area contributed by atoms with Crippen molar-refractivity contribution in [2.75, 3.05) is 34.5 Å². The largest absolute Gasteiger partial charge is 0.497 e. The minimum atomic E-state index is -1.89. The van der Waals surface area contributed by atoms with E-state index in [0.717, 1.165) is 16.7 Å². The van der Waals surface area contributed by atoms with Gasteiger partial charge >= 0.3 is 11.8 Å². The first kappa shape index (κ1) is 49.8. The molecule has 1 unspecified atom stereocenters. The lowest BCUT2D eigenvalue weighted by Crippen LogP contribution is -2.43. The minimum Gasteiger partial charge on any atom is -0.497 e. The summed E-state index contributed by atoms with van der Waals surface area (Å²) in [6.07, 6.45) is -1.91. The molecule has 0 saturated carbocycles. The van der Waals surface area contributed by atoms with Gasteiger partial charge in [0.2, 0.25) is 0 Å². The lowest BCUT2D eigenvalue weighted by molar-refractivity contribution is -0.0957. The summed E-state index contributed by atoms with van der Waals surface area (Å²) < 4.78 is 55.2. The van der Waals surface area contributed by atoms with E-state index in [4.69, 9.17) is 37.5 Å². The van der Waals surface area contributed by atoms with Gasteiger partial charge in [-0.05, 0) is 102 Å². The molecule has 352 valence electrons. The van der Waals surface area contributed by atoms with Gasteiger partial charge in [0.25, 0.3) is 14.1 Å². The van der Waals surface area contributed by atoms with Gasteiger partial charge in [0, 0.05) is 31.6 Å². The molecule has 3 heterocycles. The summed E-state index contributed by atoms with van der Waals surface area (Å²) in [6.45, 7) is 13.3. The molecule has 0 spiro atoms. The van der Waals surface area contributed by atoms with Crippen molar-refractivity contribution in [2.45, 2.75) is 103 Å². The molecular weight excluding hydrogens is 866 g/mol. The standard InChI is InChI=1S/C49H60N5O11P/c1-32(2)54(33(3)4)66(62-29-15-27-50)65-42-41(31-61-49(34-16-12-11-13-17-34,35-19-23-37(58-8)24-20-35)36-21-25-38(59-9)26-22-36)63-45(43(42)60-10)53-30-39(44(55)51-46(53)56)40-18-14-28-52(40)47(57)64-48(5,6)7/h11-14,16-26,28,30,32-33,41-43,45H,15,29,31H2,1-10H3,(H,51,55,56)/t41-,42-,43-,45-,66?/m1/s1. The van der Waals surface area contributed by atoms with Gasteiger partial charge in [0.05, 0.1) is 51.2 Å². The number of carbonyl (C=O) groups excluding carboxylic acids is 1. The molecule has 5 atom stereocenters. The van der Waals surface area contributed by atoms with Crippen LogP contribution in [0, 0.1) is 11.3 Å². The predicted octanol–water partition coefficient (Wildman–Crippen LogP) is 8.39. The molecule has 66 heavy (non-hydrogen) atoms. The zero-order valence-electron chi connectivity index (χ0n) is 39.1. The summed E-state index contributed by atoms with van der Waals surface area (Å²) >= 11 is 0. The minimum absolute atomic E-state index is 0.00364. The number of nitriles is 1. The van der Waals surface area contributed by atoms with Crippen molar-refractivity contribution in [3.05, 3.63) is 141 Å². The molecule has 2 aromatic heterocycles. The highest BCUT2D eigenvalue weighted by atomic mass is 31.2. The smallest absolute Gasteiger partial charge is 0.418 e. The van der Waals surface area contributed by atoms with Crippen molar-refractivity contribution in [3.8, 4) is 28.8 Å². The molecule has 0 amide bonds. The molecule has 0 bridgehead atoms. The van der Waals surface area contributed by atoms with Crippen LogP contribution in [0.5, 0.6) is 11.5 Å². The maximum absolute atomic E-state index is 14.0. The van der Waals surface area contributed by atoms with E-state index in [2.05, 4.69) is 15.7 Å². The molecule has 1 N–H and O–H groups in total. The Morgan fingerprint density at radius 1 is 0.848 bits per heavy atom. The normalized spacial score (nSPS) is 18.1. The van der Waals surface area contributed by atoms with Gasteiger partial charge in [0.15, 0.2) is 6.23 Å². The highest BCUT2D eigenvalue weighted by Crippen LogP contribution is 2.51. The monoisotopic (exact) mass is 925 g/mol. The number of nitrogens with zero attached hydrogens (tertiary/aromatic N) is 4.